The summed E-state index contributed by atoms with van der Waals surface area (Å²) >= 11 is 1.89. The van der Waals surface area contributed by atoms with Gasteiger partial charge in [-0.05, 0) is 107 Å². The molecule has 3 heteroatoms. The van der Waals surface area contributed by atoms with Crippen molar-refractivity contribution < 1.29 is 10.2 Å². The summed E-state index contributed by atoms with van der Waals surface area (Å²) in [6.45, 7) is 31.5. The first-order valence-electron chi connectivity index (χ1n) is 14.3. The van der Waals surface area contributed by atoms with E-state index in [1.165, 1.54) is 32.0 Å². The minimum absolute atomic E-state index is 0.0983. The third kappa shape index (κ3) is 5.87. The van der Waals surface area contributed by atoms with Gasteiger partial charge in [-0.3, -0.25) is 0 Å². The van der Waals surface area contributed by atoms with Gasteiger partial charge in [0.2, 0.25) is 0 Å². The molecular formula is C34H54O2S. The Morgan fingerprint density at radius 1 is 0.541 bits per heavy atom. The topological polar surface area (TPSA) is 40.5 Å². The molecule has 2 N–H and O–H groups in total. The van der Waals surface area contributed by atoms with Gasteiger partial charge in [0.25, 0.3) is 0 Å². The van der Waals surface area contributed by atoms with E-state index in [-0.39, 0.29) is 21.7 Å². The van der Waals surface area contributed by atoms with Crippen molar-refractivity contribution in [2.75, 3.05) is 0 Å². The van der Waals surface area contributed by atoms with Crippen molar-refractivity contribution in [1.29, 1.82) is 0 Å². The van der Waals surface area contributed by atoms with Gasteiger partial charge in [0.1, 0.15) is 11.5 Å². The Balaban J connectivity index is 3.20. The number of rotatable bonds is 10. The van der Waals surface area contributed by atoms with Gasteiger partial charge in [0, 0.05) is 9.79 Å². The zero-order valence-corrected chi connectivity index (χ0v) is 27.1. The predicted molar refractivity (Wildman–Crippen MR) is 163 cm³/mol. The van der Waals surface area contributed by atoms with Crippen LogP contribution in [0.25, 0.3) is 0 Å². The van der Waals surface area contributed by atoms with Crippen LogP contribution in [0.5, 0.6) is 11.5 Å². The summed E-state index contributed by atoms with van der Waals surface area (Å²) < 4.78 is 0. The summed E-state index contributed by atoms with van der Waals surface area (Å²) in [5.41, 5.74) is 6.49. The normalized spacial score (nSPS) is 13.4. The fraction of sp³-hybridized carbons (Fsp3) is 0.647. The van der Waals surface area contributed by atoms with E-state index in [9.17, 15) is 10.2 Å². The van der Waals surface area contributed by atoms with Crippen LogP contribution in [0.4, 0.5) is 0 Å². The molecule has 0 radical (unpaired) electrons. The van der Waals surface area contributed by atoms with Gasteiger partial charge in [-0.2, -0.15) is 0 Å². The van der Waals surface area contributed by atoms with Crippen LogP contribution in [-0.4, -0.2) is 10.2 Å². The summed E-state index contributed by atoms with van der Waals surface area (Å²) in [5.74, 6) is 0.782. The summed E-state index contributed by atoms with van der Waals surface area (Å²) in [7, 11) is 0. The second-order valence-corrected chi connectivity index (χ2v) is 14.6. The van der Waals surface area contributed by atoms with Crippen molar-refractivity contribution in [2.45, 2.75) is 154 Å². The van der Waals surface area contributed by atoms with Crippen LogP contribution in [0.1, 0.15) is 142 Å². The molecule has 0 heterocycles. The molecule has 0 amide bonds. The van der Waals surface area contributed by atoms with Crippen LogP contribution in [-0.2, 0) is 21.7 Å². The highest BCUT2D eigenvalue weighted by Gasteiger charge is 2.37. The average Bonchev–Trinajstić information content (AvgIpc) is 2.82. The molecule has 0 aliphatic carbocycles. The predicted octanol–water partition coefficient (Wildman–Crippen LogP) is 10.6. The number of phenols is 2. The molecule has 0 saturated carbocycles. The Bertz CT molecular complexity index is 1050. The van der Waals surface area contributed by atoms with Crippen molar-refractivity contribution in [1.82, 2.24) is 0 Å². The first-order chi connectivity index (χ1) is 16.8. The van der Waals surface area contributed by atoms with Crippen molar-refractivity contribution >= 4 is 11.8 Å². The molecule has 2 aromatic rings. The van der Waals surface area contributed by atoms with Crippen molar-refractivity contribution in [3.8, 4) is 11.5 Å². The summed E-state index contributed by atoms with van der Waals surface area (Å²) in [6.07, 6.45) is 3.91. The molecular weight excluding hydrogens is 472 g/mol. The number of aromatic hydroxyl groups is 2. The van der Waals surface area contributed by atoms with Crippen LogP contribution < -0.4 is 0 Å². The molecule has 0 fully saturated rings. The lowest BCUT2D eigenvalue weighted by Crippen LogP contribution is -2.26. The smallest absolute Gasteiger partial charge is 0.119 e. The van der Waals surface area contributed by atoms with Crippen molar-refractivity contribution in [3.05, 3.63) is 45.5 Å². The Morgan fingerprint density at radius 3 is 1.05 bits per heavy atom. The highest BCUT2D eigenvalue weighted by atomic mass is 32.2. The summed E-state index contributed by atoms with van der Waals surface area (Å²) in [6, 6.07) is 4.05. The van der Waals surface area contributed by atoms with E-state index in [4.69, 9.17) is 0 Å². The molecule has 0 saturated heterocycles. The number of hydrogen-bond acceptors (Lipinski definition) is 3. The average molecular weight is 527 g/mol. The fourth-order valence-corrected chi connectivity index (χ4v) is 7.33. The Morgan fingerprint density at radius 2 is 0.811 bits per heavy atom. The molecule has 0 atom stereocenters. The van der Waals surface area contributed by atoms with Gasteiger partial charge in [-0.15, -0.1) is 0 Å². The third-order valence-electron chi connectivity index (χ3n) is 9.58. The van der Waals surface area contributed by atoms with E-state index in [0.29, 0.717) is 11.5 Å². The third-order valence-corrected chi connectivity index (χ3v) is 10.8. The maximum atomic E-state index is 11.2. The van der Waals surface area contributed by atoms with Crippen molar-refractivity contribution in [3.63, 3.8) is 0 Å². The first kappa shape index (κ1) is 31.6. The van der Waals surface area contributed by atoms with E-state index < -0.39 is 0 Å². The monoisotopic (exact) mass is 526 g/mol. The van der Waals surface area contributed by atoms with Gasteiger partial charge >= 0.3 is 0 Å². The van der Waals surface area contributed by atoms with Gasteiger partial charge in [-0.1, -0.05) is 94.8 Å². The van der Waals surface area contributed by atoms with E-state index in [1.807, 2.05) is 23.9 Å². The van der Waals surface area contributed by atoms with Crippen LogP contribution >= 0.6 is 11.8 Å². The quantitative estimate of drug-likeness (QED) is 0.323. The van der Waals surface area contributed by atoms with Crippen LogP contribution in [0, 0.1) is 13.8 Å². The highest BCUT2D eigenvalue weighted by molar-refractivity contribution is 7.99. The largest absolute Gasteiger partial charge is 0.508 e. The molecule has 37 heavy (non-hydrogen) atoms. The van der Waals surface area contributed by atoms with E-state index >= 15 is 0 Å². The zero-order chi connectivity index (χ0) is 28.7. The van der Waals surface area contributed by atoms with E-state index in [1.54, 1.807) is 0 Å². The number of benzene rings is 2. The van der Waals surface area contributed by atoms with Crippen LogP contribution in [0.3, 0.4) is 0 Å². The molecule has 2 aromatic carbocycles. The zero-order valence-electron chi connectivity index (χ0n) is 26.3. The molecule has 0 aliphatic heterocycles. The first-order valence-corrected chi connectivity index (χ1v) is 15.1. The Labute approximate surface area is 232 Å². The highest BCUT2D eigenvalue weighted by Crippen LogP contribution is 2.54. The second-order valence-electron chi connectivity index (χ2n) is 13.6. The van der Waals surface area contributed by atoms with Crippen LogP contribution in [0.2, 0.25) is 0 Å². The standard InChI is InChI=1S/C34H54O2S/c1-15-31(7,8)23-19-25(35)21(5)27(33(11,12)17-3)29(23)37-30-24(32(9,10)16-2)20-26(36)22(6)28(30)34(13,14)18-4/h19-20,35-36H,15-18H2,1-14H3. The lowest BCUT2D eigenvalue weighted by Gasteiger charge is -2.38. The maximum absolute atomic E-state index is 11.2. The number of phenolic OH excluding ortho intramolecular Hbond substituents is 2. The summed E-state index contributed by atoms with van der Waals surface area (Å²) in [4.78, 5) is 2.56. The molecule has 0 aromatic heterocycles. The minimum atomic E-state index is -0.101. The second kappa shape index (κ2) is 10.9. The lowest BCUT2D eigenvalue weighted by molar-refractivity contribution is 0.434. The van der Waals surface area contributed by atoms with Crippen molar-refractivity contribution in [2.24, 2.45) is 0 Å². The number of hydrogen-bond donors (Lipinski definition) is 2. The molecule has 0 unspecified atom stereocenters. The van der Waals surface area contributed by atoms with E-state index in [2.05, 4.69) is 96.9 Å². The van der Waals surface area contributed by atoms with E-state index in [0.717, 1.165) is 36.8 Å². The molecule has 2 nitrogen and oxygen atoms in total. The molecule has 208 valence electrons. The Kier molecular flexibility index (Phi) is 9.29. The molecule has 0 bridgehead atoms. The molecule has 0 spiro atoms. The lowest BCUT2D eigenvalue weighted by atomic mass is 9.74. The molecule has 2 rings (SSSR count). The van der Waals surface area contributed by atoms with Gasteiger partial charge in [0.05, 0.1) is 0 Å². The molecule has 0 aliphatic rings. The SMILES string of the molecule is CCC(C)(C)c1cc(O)c(C)c(C(C)(C)CC)c1Sc1c(C(C)(C)CC)cc(O)c(C)c1C(C)(C)CC. The fourth-order valence-electron chi connectivity index (χ4n) is 5.17. The minimum Gasteiger partial charge on any atom is -0.508 e. The maximum Gasteiger partial charge on any atom is 0.119 e. The van der Waals surface area contributed by atoms with Gasteiger partial charge in [-0.25, -0.2) is 0 Å². The Hall–Kier alpha value is -1.61. The van der Waals surface area contributed by atoms with Gasteiger partial charge in [0.15, 0.2) is 0 Å². The summed E-state index contributed by atoms with van der Waals surface area (Å²) in [5, 5.41) is 22.3. The van der Waals surface area contributed by atoms with Crippen LogP contribution in [0.15, 0.2) is 21.9 Å². The van der Waals surface area contributed by atoms with Gasteiger partial charge < -0.3 is 10.2 Å².